The Bertz CT molecular complexity index is 233. The molecular formula is C13H20O2. The Labute approximate surface area is 92.3 Å². The molecule has 0 heterocycles. The minimum Gasteiger partial charge on any atom is -0.380 e. The van der Waals surface area contributed by atoms with E-state index in [2.05, 4.69) is 12.5 Å². The van der Waals surface area contributed by atoms with Crippen molar-refractivity contribution in [1.82, 2.24) is 0 Å². The Balaban J connectivity index is 2.58. The largest absolute Gasteiger partial charge is 0.380 e. The lowest BCUT2D eigenvalue weighted by atomic mass is 9.71. The van der Waals surface area contributed by atoms with Gasteiger partial charge in [0.1, 0.15) is 6.10 Å². The highest BCUT2D eigenvalue weighted by molar-refractivity contribution is 5.05. The molecule has 0 saturated heterocycles. The summed E-state index contributed by atoms with van der Waals surface area (Å²) in [6.07, 6.45) is 11.8. The van der Waals surface area contributed by atoms with Crippen LogP contribution in [-0.2, 0) is 4.74 Å². The van der Waals surface area contributed by atoms with Crippen LogP contribution in [0.1, 0.15) is 32.1 Å². The van der Waals surface area contributed by atoms with E-state index >= 15 is 0 Å². The van der Waals surface area contributed by atoms with Gasteiger partial charge in [0.15, 0.2) is 0 Å². The topological polar surface area (TPSA) is 29.5 Å². The second-order valence-corrected chi connectivity index (χ2v) is 4.30. The zero-order chi connectivity index (χ0) is 11.1. The van der Waals surface area contributed by atoms with E-state index in [1.807, 2.05) is 0 Å². The second-order valence-electron chi connectivity index (χ2n) is 4.30. The van der Waals surface area contributed by atoms with Crippen LogP contribution in [0.5, 0.6) is 0 Å². The van der Waals surface area contributed by atoms with Crippen LogP contribution in [0, 0.1) is 17.8 Å². The van der Waals surface area contributed by atoms with Crippen molar-refractivity contribution in [3.05, 3.63) is 12.7 Å². The van der Waals surface area contributed by atoms with Gasteiger partial charge in [0, 0.05) is 5.41 Å². The third-order valence-electron chi connectivity index (χ3n) is 3.21. The number of rotatable bonds is 5. The van der Waals surface area contributed by atoms with Crippen LogP contribution in [0.15, 0.2) is 12.7 Å². The fourth-order valence-corrected chi connectivity index (χ4v) is 2.27. The van der Waals surface area contributed by atoms with Gasteiger partial charge in [-0.3, -0.25) is 0 Å². The maximum absolute atomic E-state index is 9.89. The van der Waals surface area contributed by atoms with Gasteiger partial charge in [0.05, 0.1) is 13.2 Å². The number of hydrogen-bond acceptors (Lipinski definition) is 2. The summed E-state index contributed by atoms with van der Waals surface area (Å²) in [4.78, 5) is 0. The van der Waals surface area contributed by atoms with Gasteiger partial charge in [0.2, 0.25) is 0 Å². The zero-order valence-electron chi connectivity index (χ0n) is 9.24. The van der Waals surface area contributed by atoms with Gasteiger partial charge in [-0.15, -0.1) is 13.0 Å². The average molecular weight is 208 g/mol. The minimum atomic E-state index is -0.678. The van der Waals surface area contributed by atoms with E-state index < -0.39 is 6.10 Å². The number of aliphatic hydroxyl groups excluding tert-OH is 1. The van der Waals surface area contributed by atoms with Gasteiger partial charge in [-0.2, -0.15) is 0 Å². The summed E-state index contributed by atoms with van der Waals surface area (Å²) in [5.74, 6) is 2.45. The smallest absolute Gasteiger partial charge is 0.122 e. The standard InChI is InChI=1S/C13H20O2/c1-3-10-15-11-13(12(14)4-2)8-6-5-7-9-13/h2-3,12,14H,1,5-11H2. The lowest BCUT2D eigenvalue weighted by Gasteiger charge is -2.38. The summed E-state index contributed by atoms with van der Waals surface area (Å²) in [5, 5.41) is 9.89. The monoisotopic (exact) mass is 208 g/mol. The van der Waals surface area contributed by atoms with Crippen molar-refractivity contribution < 1.29 is 9.84 Å². The zero-order valence-corrected chi connectivity index (χ0v) is 9.24. The quantitative estimate of drug-likeness (QED) is 0.426. The van der Waals surface area contributed by atoms with Crippen LogP contribution >= 0.6 is 0 Å². The molecule has 2 heteroatoms. The molecule has 15 heavy (non-hydrogen) atoms. The molecular weight excluding hydrogens is 188 g/mol. The summed E-state index contributed by atoms with van der Waals surface area (Å²) in [6, 6.07) is 0. The van der Waals surface area contributed by atoms with Crippen LogP contribution in [-0.4, -0.2) is 24.4 Å². The average Bonchev–Trinajstić information content (AvgIpc) is 2.29. The first-order chi connectivity index (χ1) is 7.25. The third kappa shape index (κ3) is 3.09. The van der Waals surface area contributed by atoms with Crippen LogP contribution in [0.3, 0.4) is 0 Å². The normalized spacial score (nSPS) is 21.6. The van der Waals surface area contributed by atoms with Crippen LogP contribution in [0.25, 0.3) is 0 Å². The lowest BCUT2D eigenvalue weighted by molar-refractivity contribution is -0.0361. The van der Waals surface area contributed by atoms with Gasteiger partial charge in [0.25, 0.3) is 0 Å². The SMILES string of the molecule is C#CC(O)C1(COCC=C)CCCCC1. The van der Waals surface area contributed by atoms with Gasteiger partial charge < -0.3 is 9.84 Å². The third-order valence-corrected chi connectivity index (χ3v) is 3.21. The molecule has 1 N–H and O–H groups in total. The van der Waals surface area contributed by atoms with Crippen molar-refractivity contribution >= 4 is 0 Å². The molecule has 0 aromatic heterocycles. The highest BCUT2D eigenvalue weighted by Crippen LogP contribution is 2.39. The fourth-order valence-electron chi connectivity index (χ4n) is 2.27. The van der Waals surface area contributed by atoms with E-state index in [4.69, 9.17) is 11.2 Å². The molecule has 1 aliphatic carbocycles. The van der Waals surface area contributed by atoms with Gasteiger partial charge >= 0.3 is 0 Å². The van der Waals surface area contributed by atoms with E-state index in [1.54, 1.807) is 6.08 Å². The molecule has 84 valence electrons. The Hall–Kier alpha value is -0.780. The molecule has 1 rings (SSSR count). The molecule has 0 aromatic carbocycles. The number of hydrogen-bond donors (Lipinski definition) is 1. The minimum absolute atomic E-state index is 0.212. The van der Waals surface area contributed by atoms with Gasteiger partial charge in [-0.05, 0) is 12.8 Å². The predicted octanol–water partition coefficient (Wildman–Crippen LogP) is 2.13. The maximum atomic E-state index is 9.89. The van der Waals surface area contributed by atoms with Gasteiger partial charge in [-0.1, -0.05) is 31.3 Å². The number of ether oxygens (including phenoxy) is 1. The number of terminal acetylenes is 1. The summed E-state index contributed by atoms with van der Waals surface area (Å²) < 4.78 is 5.48. The molecule has 0 radical (unpaired) electrons. The Morgan fingerprint density at radius 3 is 2.67 bits per heavy atom. The van der Waals surface area contributed by atoms with Crippen molar-refractivity contribution in [3.63, 3.8) is 0 Å². The first kappa shape index (κ1) is 12.3. The summed E-state index contributed by atoms with van der Waals surface area (Å²) in [7, 11) is 0. The van der Waals surface area contributed by atoms with E-state index in [9.17, 15) is 5.11 Å². The van der Waals surface area contributed by atoms with Crippen molar-refractivity contribution in [2.24, 2.45) is 5.41 Å². The highest BCUT2D eigenvalue weighted by Gasteiger charge is 2.38. The van der Waals surface area contributed by atoms with Crippen LogP contribution < -0.4 is 0 Å². The first-order valence-electron chi connectivity index (χ1n) is 5.58. The molecule has 0 spiro atoms. The van der Waals surface area contributed by atoms with Crippen molar-refractivity contribution in [2.75, 3.05) is 13.2 Å². The molecule has 1 saturated carbocycles. The van der Waals surface area contributed by atoms with E-state index in [0.717, 1.165) is 25.7 Å². The molecule has 0 aliphatic heterocycles. The van der Waals surface area contributed by atoms with Crippen molar-refractivity contribution in [1.29, 1.82) is 0 Å². The van der Waals surface area contributed by atoms with Gasteiger partial charge in [-0.25, -0.2) is 0 Å². The fraction of sp³-hybridized carbons (Fsp3) is 0.692. The highest BCUT2D eigenvalue weighted by atomic mass is 16.5. The molecule has 0 amide bonds. The predicted molar refractivity (Wildman–Crippen MR) is 61.4 cm³/mol. The maximum Gasteiger partial charge on any atom is 0.122 e. The Morgan fingerprint density at radius 1 is 1.47 bits per heavy atom. The summed E-state index contributed by atoms with van der Waals surface area (Å²) >= 11 is 0. The second kappa shape index (κ2) is 5.95. The number of aliphatic hydroxyl groups is 1. The lowest BCUT2D eigenvalue weighted by Crippen LogP contribution is -2.40. The molecule has 2 nitrogen and oxygen atoms in total. The van der Waals surface area contributed by atoms with E-state index in [0.29, 0.717) is 13.2 Å². The van der Waals surface area contributed by atoms with Crippen LogP contribution in [0.4, 0.5) is 0 Å². The van der Waals surface area contributed by atoms with Crippen molar-refractivity contribution in [2.45, 2.75) is 38.2 Å². The molecule has 1 aliphatic rings. The molecule has 0 bridgehead atoms. The van der Waals surface area contributed by atoms with E-state index in [1.165, 1.54) is 6.42 Å². The molecule has 1 atom stereocenters. The van der Waals surface area contributed by atoms with Crippen LogP contribution in [0.2, 0.25) is 0 Å². The summed E-state index contributed by atoms with van der Waals surface area (Å²) in [5.41, 5.74) is -0.212. The Morgan fingerprint density at radius 2 is 2.13 bits per heavy atom. The Kier molecular flexibility index (Phi) is 4.87. The first-order valence-corrected chi connectivity index (χ1v) is 5.58. The summed E-state index contributed by atoms with van der Waals surface area (Å²) in [6.45, 7) is 4.68. The molecule has 1 unspecified atom stereocenters. The van der Waals surface area contributed by atoms with E-state index in [-0.39, 0.29) is 5.41 Å². The molecule has 1 fully saturated rings. The van der Waals surface area contributed by atoms with Crippen molar-refractivity contribution in [3.8, 4) is 12.3 Å². The molecule has 0 aromatic rings.